The predicted octanol–water partition coefficient (Wildman–Crippen LogP) is 4.74. The molecule has 0 amide bonds. The predicted molar refractivity (Wildman–Crippen MR) is 79.4 cm³/mol. The molecule has 0 heterocycles. The summed E-state index contributed by atoms with van der Waals surface area (Å²) in [6.45, 7) is 3.67. The maximum Gasteiger partial charge on any atom is 0.137 e. The number of halogens is 2. The molecule has 0 saturated heterocycles. The van der Waals surface area contributed by atoms with Crippen LogP contribution in [0.4, 0.5) is 4.39 Å². The second kappa shape index (κ2) is 6.94. The first-order valence-corrected chi connectivity index (χ1v) is 7.31. The van der Waals surface area contributed by atoms with Crippen LogP contribution >= 0.6 is 23.4 Å². The molecule has 0 aliphatic carbocycles. The van der Waals surface area contributed by atoms with Gasteiger partial charge in [0.1, 0.15) is 5.82 Å². The molecule has 2 aromatic rings. The van der Waals surface area contributed by atoms with Gasteiger partial charge < -0.3 is 5.32 Å². The summed E-state index contributed by atoms with van der Waals surface area (Å²) in [5.74, 6) is -0.197. The van der Waals surface area contributed by atoms with Crippen molar-refractivity contribution in [3.8, 4) is 0 Å². The number of benzene rings is 2. The lowest BCUT2D eigenvalue weighted by Gasteiger charge is -2.10. The van der Waals surface area contributed by atoms with Crippen LogP contribution in [0.3, 0.4) is 0 Å². The Morgan fingerprint density at radius 1 is 1.16 bits per heavy atom. The number of hydrogen-bond donors (Lipinski definition) is 1. The molecule has 19 heavy (non-hydrogen) atoms. The van der Waals surface area contributed by atoms with Gasteiger partial charge in [0.05, 0.1) is 0 Å². The van der Waals surface area contributed by atoms with Crippen molar-refractivity contribution in [3.63, 3.8) is 0 Å². The van der Waals surface area contributed by atoms with Crippen molar-refractivity contribution in [2.45, 2.75) is 23.3 Å². The highest BCUT2D eigenvalue weighted by atomic mass is 35.5. The Kier molecular flexibility index (Phi) is 5.25. The van der Waals surface area contributed by atoms with E-state index in [0.29, 0.717) is 9.92 Å². The molecule has 0 aromatic heterocycles. The maximum atomic E-state index is 13.7. The molecule has 0 radical (unpaired) electrons. The third-order valence-electron chi connectivity index (χ3n) is 2.64. The lowest BCUT2D eigenvalue weighted by atomic mass is 10.2. The Hall–Kier alpha value is -1.03. The summed E-state index contributed by atoms with van der Waals surface area (Å²) in [5.41, 5.74) is 1.09. The SMILES string of the molecule is CCNCc1cc(Cl)ccc1Sc1ccccc1F. The molecule has 2 aromatic carbocycles. The molecule has 0 aliphatic rings. The molecular formula is C15H15ClFNS. The van der Waals surface area contributed by atoms with Gasteiger partial charge in [0.25, 0.3) is 0 Å². The summed E-state index contributed by atoms with van der Waals surface area (Å²) < 4.78 is 13.7. The molecule has 1 N–H and O–H groups in total. The summed E-state index contributed by atoms with van der Waals surface area (Å²) in [5, 5.41) is 3.97. The van der Waals surface area contributed by atoms with E-state index in [-0.39, 0.29) is 5.82 Å². The summed E-state index contributed by atoms with van der Waals surface area (Å²) in [7, 11) is 0. The van der Waals surface area contributed by atoms with E-state index in [1.807, 2.05) is 31.2 Å². The fourth-order valence-corrected chi connectivity index (χ4v) is 2.83. The van der Waals surface area contributed by atoms with Crippen LogP contribution in [0.1, 0.15) is 12.5 Å². The highest BCUT2D eigenvalue weighted by molar-refractivity contribution is 7.99. The van der Waals surface area contributed by atoms with E-state index >= 15 is 0 Å². The molecular weight excluding hydrogens is 281 g/mol. The highest BCUT2D eigenvalue weighted by Gasteiger charge is 2.08. The van der Waals surface area contributed by atoms with E-state index in [1.54, 1.807) is 12.1 Å². The molecule has 0 saturated carbocycles. The fraction of sp³-hybridized carbons (Fsp3) is 0.200. The van der Waals surface area contributed by atoms with Gasteiger partial charge in [0.15, 0.2) is 0 Å². The Bertz CT molecular complexity index is 560. The van der Waals surface area contributed by atoms with E-state index in [2.05, 4.69) is 5.32 Å². The van der Waals surface area contributed by atoms with Crippen LogP contribution in [-0.4, -0.2) is 6.54 Å². The molecule has 0 bridgehead atoms. The van der Waals surface area contributed by atoms with Crippen LogP contribution in [0.25, 0.3) is 0 Å². The van der Waals surface area contributed by atoms with Gasteiger partial charge in [-0.05, 0) is 42.4 Å². The Morgan fingerprint density at radius 3 is 2.68 bits per heavy atom. The van der Waals surface area contributed by atoms with Crippen LogP contribution in [0.2, 0.25) is 5.02 Å². The quantitative estimate of drug-likeness (QED) is 0.855. The van der Waals surface area contributed by atoms with Gasteiger partial charge in [-0.2, -0.15) is 0 Å². The highest BCUT2D eigenvalue weighted by Crippen LogP contribution is 2.33. The van der Waals surface area contributed by atoms with Gasteiger partial charge in [0, 0.05) is 21.4 Å². The van der Waals surface area contributed by atoms with Crippen molar-refractivity contribution < 1.29 is 4.39 Å². The minimum Gasteiger partial charge on any atom is -0.313 e. The normalized spacial score (nSPS) is 10.7. The summed E-state index contributed by atoms with van der Waals surface area (Å²) >= 11 is 7.45. The second-order valence-corrected chi connectivity index (χ2v) is 5.59. The zero-order valence-electron chi connectivity index (χ0n) is 10.6. The number of rotatable bonds is 5. The third kappa shape index (κ3) is 3.96. The van der Waals surface area contributed by atoms with Crippen LogP contribution in [0.5, 0.6) is 0 Å². The summed E-state index contributed by atoms with van der Waals surface area (Å²) in [6.07, 6.45) is 0. The van der Waals surface area contributed by atoms with Crippen molar-refractivity contribution in [2.24, 2.45) is 0 Å². The topological polar surface area (TPSA) is 12.0 Å². The summed E-state index contributed by atoms with van der Waals surface area (Å²) in [6, 6.07) is 12.5. The minimum atomic E-state index is -0.197. The molecule has 4 heteroatoms. The van der Waals surface area contributed by atoms with Crippen molar-refractivity contribution in [2.75, 3.05) is 6.54 Å². The van der Waals surface area contributed by atoms with Gasteiger partial charge in [-0.1, -0.05) is 42.4 Å². The first kappa shape index (κ1) is 14.4. The lowest BCUT2D eigenvalue weighted by Crippen LogP contribution is -2.12. The monoisotopic (exact) mass is 295 g/mol. The van der Waals surface area contributed by atoms with Crippen LogP contribution in [0, 0.1) is 5.82 Å². The van der Waals surface area contributed by atoms with E-state index in [4.69, 9.17) is 11.6 Å². The zero-order valence-corrected chi connectivity index (χ0v) is 12.2. The molecule has 0 aliphatic heterocycles. The first-order chi connectivity index (χ1) is 9.20. The second-order valence-electron chi connectivity index (χ2n) is 4.06. The maximum absolute atomic E-state index is 13.7. The van der Waals surface area contributed by atoms with Crippen molar-refractivity contribution in [3.05, 3.63) is 58.9 Å². The van der Waals surface area contributed by atoms with Crippen molar-refractivity contribution >= 4 is 23.4 Å². The van der Waals surface area contributed by atoms with E-state index in [9.17, 15) is 4.39 Å². The number of hydrogen-bond acceptors (Lipinski definition) is 2. The smallest absolute Gasteiger partial charge is 0.137 e. The van der Waals surface area contributed by atoms with Crippen LogP contribution in [-0.2, 0) is 6.54 Å². The minimum absolute atomic E-state index is 0.197. The standard InChI is InChI=1S/C15H15ClFNS/c1-2-18-10-11-9-12(16)7-8-14(11)19-15-6-4-3-5-13(15)17/h3-9,18H,2,10H2,1H3. The Labute approximate surface area is 122 Å². The van der Waals surface area contributed by atoms with Gasteiger partial charge in [-0.3, -0.25) is 0 Å². The van der Waals surface area contributed by atoms with E-state index < -0.39 is 0 Å². The molecule has 2 rings (SSSR count). The average Bonchev–Trinajstić information content (AvgIpc) is 2.41. The molecule has 0 spiro atoms. The van der Waals surface area contributed by atoms with Crippen LogP contribution in [0.15, 0.2) is 52.3 Å². The van der Waals surface area contributed by atoms with Crippen molar-refractivity contribution in [1.29, 1.82) is 0 Å². The fourth-order valence-electron chi connectivity index (χ4n) is 1.69. The Morgan fingerprint density at radius 2 is 1.95 bits per heavy atom. The van der Waals surface area contributed by atoms with Gasteiger partial charge >= 0.3 is 0 Å². The third-order valence-corrected chi connectivity index (χ3v) is 4.05. The van der Waals surface area contributed by atoms with Crippen LogP contribution < -0.4 is 5.32 Å². The number of nitrogens with one attached hydrogen (secondary N) is 1. The molecule has 0 fully saturated rings. The van der Waals surface area contributed by atoms with E-state index in [0.717, 1.165) is 23.5 Å². The van der Waals surface area contributed by atoms with Gasteiger partial charge in [-0.15, -0.1) is 0 Å². The van der Waals surface area contributed by atoms with Gasteiger partial charge in [0.2, 0.25) is 0 Å². The largest absolute Gasteiger partial charge is 0.313 e. The molecule has 0 atom stereocenters. The zero-order chi connectivity index (χ0) is 13.7. The van der Waals surface area contributed by atoms with E-state index in [1.165, 1.54) is 17.8 Å². The Balaban J connectivity index is 2.26. The van der Waals surface area contributed by atoms with Crippen molar-refractivity contribution in [1.82, 2.24) is 5.32 Å². The first-order valence-electron chi connectivity index (χ1n) is 6.12. The molecule has 1 nitrogen and oxygen atoms in total. The average molecular weight is 296 g/mol. The molecule has 0 unspecified atom stereocenters. The summed E-state index contributed by atoms with van der Waals surface area (Å²) in [4.78, 5) is 1.65. The van der Waals surface area contributed by atoms with Gasteiger partial charge in [-0.25, -0.2) is 4.39 Å². The lowest BCUT2D eigenvalue weighted by molar-refractivity contribution is 0.602. The molecule has 100 valence electrons.